The first kappa shape index (κ1) is 16.9. The Morgan fingerprint density at radius 2 is 1.33 bits per heavy atom. The highest BCUT2D eigenvalue weighted by atomic mass is 16.3. The lowest BCUT2D eigenvalue weighted by Crippen LogP contribution is -2.32. The first-order chi connectivity index (χ1) is 10.1. The van der Waals surface area contributed by atoms with Crippen molar-refractivity contribution in [2.75, 3.05) is 0 Å². The molecule has 0 spiro atoms. The van der Waals surface area contributed by atoms with Crippen LogP contribution in [0.3, 0.4) is 0 Å². The maximum atomic E-state index is 10.7. The molecular weight excluding hydrogens is 260 g/mol. The van der Waals surface area contributed by atoms with Crippen LogP contribution in [0.4, 0.5) is 0 Å². The molecule has 0 radical (unpaired) electrons. The van der Waals surface area contributed by atoms with E-state index in [2.05, 4.69) is 17.2 Å². The number of rotatable bonds is 4. The fourth-order valence-electron chi connectivity index (χ4n) is 4.00. The Bertz CT molecular complexity index is 311. The zero-order valence-electron chi connectivity index (χ0n) is 14.1. The van der Waals surface area contributed by atoms with Crippen LogP contribution in [0, 0.1) is 11.8 Å². The van der Waals surface area contributed by atoms with Gasteiger partial charge in [-0.2, -0.15) is 10.2 Å². The highest BCUT2D eigenvalue weighted by molar-refractivity contribution is 4.82. The minimum atomic E-state index is -0.955. The summed E-state index contributed by atoms with van der Waals surface area (Å²) < 4.78 is 0. The standard InChI is InChI=1S/C18H34N2O/c1-15(16-11-7-3-4-8-12-16)19-20-18(2,21)17-13-9-5-6-10-14-17/h15-17,21H,3-14H2,1-2H3/b20-19+. The van der Waals surface area contributed by atoms with Crippen LogP contribution in [0.25, 0.3) is 0 Å². The van der Waals surface area contributed by atoms with E-state index in [1.807, 2.05) is 6.92 Å². The van der Waals surface area contributed by atoms with Crippen LogP contribution in [-0.4, -0.2) is 16.9 Å². The van der Waals surface area contributed by atoms with Crippen molar-refractivity contribution in [3.63, 3.8) is 0 Å². The van der Waals surface area contributed by atoms with Gasteiger partial charge in [-0.05, 0) is 45.4 Å². The van der Waals surface area contributed by atoms with Gasteiger partial charge in [0.1, 0.15) is 0 Å². The van der Waals surface area contributed by atoms with Gasteiger partial charge in [0.25, 0.3) is 0 Å². The van der Waals surface area contributed by atoms with Crippen molar-refractivity contribution in [2.45, 2.75) is 103 Å². The topological polar surface area (TPSA) is 45.0 Å². The lowest BCUT2D eigenvalue weighted by Gasteiger charge is -2.28. The largest absolute Gasteiger partial charge is 0.368 e. The Morgan fingerprint density at radius 1 is 0.857 bits per heavy atom. The molecule has 21 heavy (non-hydrogen) atoms. The number of hydrogen-bond acceptors (Lipinski definition) is 3. The molecule has 2 rings (SSSR count). The van der Waals surface area contributed by atoms with E-state index in [1.54, 1.807) is 0 Å². The first-order valence-electron chi connectivity index (χ1n) is 9.24. The van der Waals surface area contributed by atoms with Crippen molar-refractivity contribution in [1.82, 2.24) is 0 Å². The third-order valence-corrected chi connectivity index (χ3v) is 5.65. The smallest absolute Gasteiger partial charge is 0.176 e. The number of hydrogen-bond donors (Lipinski definition) is 1. The molecule has 2 aliphatic carbocycles. The van der Waals surface area contributed by atoms with E-state index in [4.69, 9.17) is 0 Å². The average Bonchev–Trinajstić information content (AvgIpc) is 2.89. The van der Waals surface area contributed by atoms with Gasteiger partial charge in [0.15, 0.2) is 5.72 Å². The molecule has 0 aliphatic heterocycles. The number of aliphatic hydroxyl groups is 1. The van der Waals surface area contributed by atoms with Gasteiger partial charge in [-0.15, -0.1) is 0 Å². The van der Waals surface area contributed by atoms with Crippen molar-refractivity contribution in [2.24, 2.45) is 22.1 Å². The molecule has 1 N–H and O–H groups in total. The minimum Gasteiger partial charge on any atom is -0.368 e. The molecule has 2 aliphatic rings. The molecule has 0 heterocycles. The van der Waals surface area contributed by atoms with Gasteiger partial charge in [-0.1, -0.05) is 51.4 Å². The molecule has 0 aromatic rings. The summed E-state index contributed by atoms with van der Waals surface area (Å²) in [5, 5.41) is 19.7. The summed E-state index contributed by atoms with van der Waals surface area (Å²) >= 11 is 0. The van der Waals surface area contributed by atoms with Gasteiger partial charge in [0.2, 0.25) is 0 Å². The Labute approximate surface area is 130 Å². The van der Waals surface area contributed by atoms with Crippen molar-refractivity contribution < 1.29 is 5.11 Å². The van der Waals surface area contributed by atoms with Crippen LogP contribution in [0.1, 0.15) is 90.9 Å². The minimum absolute atomic E-state index is 0.264. The second kappa shape index (κ2) is 8.26. The highest BCUT2D eigenvalue weighted by Crippen LogP contribution is 2.33. The summed E-state index contributed by atoms with van der Waals surface area (Å²) in [6, 6.07) is 0.264. The SMILES string of the molecule is CC(/N=N/C(C)(O)C1CCCCCC1)C1CCCCCC1. The van der Waals surface area contributed by atoms with E-state index in [-0.39, 0.29) is 6.04 Å². The third kappa shape index (κ3) is 5.36. The Morgan fingerprint density at radius 3 is 1.86 bits per heavy atom. The molecule has 122 valence electrons. The van der Waals surface area contributed by atoms with Crippen LogP contribution >= 0.6 is 0 Å². The molecule has 0 aromatic carbocycles. The molecule has 2 saturated carbocycles. The van der Waals surface area contributed by atoms with E-state index in [9.17, 15) is 5.11 Å². The average molecular weight is 294 g/mol. The normalized spacial score (nSPS) is 28.0. The lowest BCUT2D eigenvalue weighted by molar-refractivity contribution is -0.00771. The van der Waals surface area contributed by atoms with Gasteiger partial charge in [0, 0.05) is 5.92 Å². The Balaban J connectivity index is 1.90. The van der Waals surface area contributed by atoms with Crippen molar-refractivity contribution in [1.29, 1.82) is 0 Å². The van der Waals surface area contributed by atoms with Crippen molar-refractivity contribution in [3.8, 4) is 0 Å². The van der Waals surface area contributed by atoms with Crippen LogP contribution in [0.5, 0.6) is 0 Å². The van der Waals surface area contributed by atoms with E-state index in [0.29, 0.717) is 11.8 Å². The Hall–Kier alpha value is -0.440. The molecule has 0 bridgehead atoms. The fourth-order valence-corrected chi connectivity index (χ4v) is 4.00. The van der Waals surface area contributed by atoms with Gasteiger partial charge in [-0.3, -0.25) is 0 Å². The third-order valence-electron chi connectivity index (χ3n) is 5.65. The molecule has 2 atom stereocenters. The summed E-state index contributed by atoms with van der Waals surface area (Å²) in [7, 11) is 0. The van der Waals surface area contributed by atoms with Gasteiger partial charge in [-0.25, -0.2) is 0 Å². The predicted octanol–water partition coefficient (Wildman–Crippen LogP) is 5.48. The zero-order valence-corrected chi connectivity index (χ0v) is 14.1. The summed E-state index contributed by atoms with van der Waals surface area (Å²) in [6.07, 6.45) is 15.3. The van der Waals surface area contributed by atoms with E-state index in [1.165, 1.54) is 64.2 Å². The molecule has 2 unspecified atom stereocenters. The molecule has 0 saturated heterocycles. The molecule has 3 nitrogen and oxygen atoms in total. The fraction of sp³-hybridized carbons (Fsp3) is 1.00. The monoisotopic (exact) mass is 294 g/mol. The second-order valence-corrected chi connectivity index (χ2v) is 7.49. The zero-order chi connectivity index (χ0) is 15.1. The second-order valence-electron chi connectivity index (χ2n) is 7.49. The van der Waals surface area contributed by atoms with Crippen molar-refractivity contribution in [3.05, 3.63) is 0 Å². The maximum Gasteiger partial charge on any atom is 0.176 e. The quantitative estimate of drug-likeness (QED) is 0.542. The summed E-state index contributed by atoms with van der Waals surface area (Å²) in [5.41, 5.74) is -0.955. The van der Waals surface area contributed by atoms with E-state index in [0.717, 1.165) is 12.8 Å². The van der Waals surface area contributed by atoms with E-state index < -0.39 is 5.72 Å². The Kier molecular flexibility index (Phi) is 6.66. The van der Waals surface area contributed by atoms with Gasteiger partial charge in [0.05, 0.1) is 6.04 Å². The van der Waals surface area contributed by atoms with Crippen LogP contribution < -0.4 is 0 Å². The molecule has 0 aromatic heterocycles. The molecular formula is C18H34N2O. The van der Waals surface area contributed by atoms with Crippen molar-refractivity contribution >= 4 is 0 Å². The van der Waals surface area contributed by atoms with Crippen LogP contribution in [-0.2, 0) is 0 Å². The molecule has 0 amide bonds. The van der Waals surface area contributed by atoms with Crippen LogP contribution in [0.2, 0.25) is 0 Å². The summed E-state index contributed by atoms with van der Waals surface area (Å²) in [4.78, 5) is 0. The van der Waals surface area contributed by atoms with Gasteiger partial charge < -0.3 is 5.11 Å². The number of azo groups is 1. The maximum absolute atomic E-state index is 10.7. The highest BCUT2D eigenvalue weighted by Gasteiger charge is 2.32. The number of nitrogens with zero attached hydrogens (tertiary/aromatic N) is 2. The first-order valence-corrected chi connectivity index (χ1v) is 9.24. The summed E-state index contributed by atoms with van der Waals surface area (Å²) in [5.74, 6) is 0.964. The molecule has 3 heteroatoms. The van der Waals surface area contributed by atoms with E-state index >= 15 is 0 Å². The lowest BCUT2D eigenvalue weighted by atomic mass is 9.90. The van der Waals surface area contributed by atoms with Crippen LogP contribution in [0.15, 0.2) is 10.2 Å². The predicted molar refractivity (Wildman–Crippen MR) is 87.3 cm³/mol. The summed E-state index contributed by atoms with van der Waals surface area (Å²) in [6.45, 7) is 4.05. The van der Waals surface area contributed by atoms with Gasteiger partial charge >= 0.3 is 0 Å². The molecule has 2 fully saturated rings.